The highest BCUT2D eigenvalue weighted by Crippen LogP contribution is 1.89. The molecule has 1 unspecified atom stereocenters. The fourth-order valence-electron chi connectivity index (χ4n) is 0.973. The lowest BCUT2D eigenvalue weighted by Gasteiger charge is -2.13. The van der Waals surface area contributed by atoms with E-state index in [4.69, 9.17) is 0 Å². The summed E-state index contributed by atoms with van der Waals surface area (Å²) in [5.74, 6) is -0.139. The molecule has 0 rings (SSSR count). The number of rotatable bonds is 5. The summed E-state index contributed by atoms with van der Waals surface area (Å²) in [6.45, 7) is 1.96. The number of hydrogen-bond donors (Lipinski definition) is 3. The standard InChI is InChI=1S/C8H17N3O2/c1-6(12)11-5-4-7(9-2)8(13)10-3/h7,9H,4-5H2,1-3H3,(H,10,13)(H,11,12). The molecule has 0 saturated carbocycles. The number of carbonyl (C=O) groups excluding carboxylic acids is 2. The summed E-state index contributed by atoms with van der Waals surface area (Å²) < 4.78 is 0. The number of hydrogen-bond acceptors (Lipinski definition) is 3. The number of amides is 2. The Morgan fingerprint density at radius 1 is 1.31 bits per heavy atom. The fourth-order valence-corrected chi connectivity index (χ4v) is 0.973. The highest BCUT2D eigenvalue weighted by atomic mass is 16.2. The van der Waals surface area contributed by atoms with Crippen LogP contribution in [0.3, 0.4) is 0 Å². The maximum atomic E-state index is 11.1. The third-order valence-corrected chi connectivity index (χ3v) is 1.72. The van der Waals surface area contributed by atoms with Gasteiger partial charge in [0, 0.05) is 20.5 Å². The molecule has 0 fully saturated rings. The zero-order chi connectivity index (χ0) is 10.3. The molecule has 5 heteroatoms. The summed E-state index contributed by atoms with van der Waals surface area (Å²) in [6.07, 6.45) is 0.593. The van der Waals surface area contributed by atoms with Gasteiger partial charge >= 0.3 is 0 Å². The van der Waals surface area contributed by atoms with E-state index in [1.54, 1.807) is 14.1 Å². The summed E-state index contributed by atoms with van der Waals surface area (Å²) in [6, 6.07) is -0.239. The summed E-state index contributed by atoms with van der Waals surface area (Å²) in [7, 11) is 3.30. The minimum atomic E-state index is -0.239. The van der Waals surface area contributed by atoms with E-state index in [1.807, 2.05) is 0 Å². The minimum Gasteiger partial charge on any atom is -0.358 e. The van der Waals surface area contributed by atoms with Crippen molar-refractivity contribution in [3.05, 3.63) is 0 Å². The summed E-state index contributed by atoms with van der Waals surface area (Å²) in [5, 5.41) is 8.03. The van der Waals surface area contributed by atoms with E-state index in [1.165, 1.54) is 6.92 Å². The number of carbonyl (C=O) groups is 2. The van der Waals surface area contributed by atoms with Crippen molar-refractivity contribution < 1.29 is 9.59 Å². The van der Waals surface area contributed by atoms with Gasteiger partial charge in [0.05, 0.1) is 6.04 Å². The van der Waals surface area contributed by atoms with Gasteiger partial charge in [0.15, 0.2) is 0 Å². The van der Waals surface area contributed by atoms with E-state index < -0.39 is 0 Å². The Hall–Kier alpha value is -1.10. The molecule has 0 aromatic carbocycles. The molecule has 0 aliphatic heterocycles. The van der Waals surface area contributed by atoms with Crippen molar-refractivity contribution in [3.63, 3.8) is 0 Å². The quantitative estimate of drug-likeness (QED) is 0.509. The van der Waals surface area contributed by atoms with Crippen LogP contribution in [0.1, 0.15) is 13.3 Å². The Kier molecular flexibility index (Phi) is 5.88. The molecule has 76 valence electrons. The fraction of sp³-hybridized carbons (Fsp3) is 0.750. The molecule has 0 aliphatic rings. The first-order valence-electron chi connectivity index (χ1n) is 4.25. The molecule has 0 saturated heterocycles. The predicted octanol–water partition coefficient (Wildman–Crippen LogP) is -1.15. The SMILES string of the molecule is CNC(=O)C(CCNC(C)=O)NC. The van der Waals surface area contributed by atoms with Gasteiger partial charge in [0.2, 0.25) is 11.8 Å². The van der Waals surface area contributed by atoms with Crippen molar-refractivity contribution in [2.45, 2.75) is 19.4 Å². The van der Waals surface area contributed by atoms with Crippen LogP contribution in [-0.2, 0) is 9.59 Å². The second-order valence-corrected chi connectivity index (χ2v) is 2.73. The lowest BCUT2D eigenvalue weighted by molar-refractivity contribution is -0.123. The van der Waals surface area contributed by atoms with Crippen LogP contribution >= 0.6 is 0 Å². The summed E-state index contributed by atoms with van der Waals surface area (Å²) in [5.41, 5.74) is 0. The van der Waals surface area contributed by atoms with Crippen LogP contribution < -0.4 is 16.0 Å². The Morgan fingerprint density at radius 3 is 2.31 bits per heavy atom. The van der Waals surface area contributed by atoms with Gasteiger partial charge < -0.3 is 16.0 Å². The number of likely N-dealkylation sites (N-methyl/N-ethyl adjacent to an activating group) is 2. The maximum absolute atomic E-state index is 11.1. The van der Waals surface area contributed by atoms with Gasteiger partial charge in [-0.15, -0.1) is 0 Å². The molecule has 0 aliphatic carbocycles. The monoisotopic (exact) mass is 187 g/mol. The zero-order valence-electron chi connectivity index (χ0n) is 8.31. The highest BCUT2D eigenvalue weighted by molar-refractivity contribution is 5.81. The van der Waals surface area contributed by atoms with Crippen LogP contribution in [0.15, 0.2) is 0 Å². The van der Waals surface area contributed by atoms with Crippen molar-refractivity contribution in [3.8, 4) is 0 Å². The first-order chi connectivity index (χ1) is 6.11. The molecular formula is C8H17N3O2. The smallest absolute Gasteiger partial charge is 0.236 e. The maximum Gasteiger partial charge on any atom is 0.236 e. The molecule has 0 aromatic rings. The average molecular weight is 187 g/mol. The lowest BCUT2D eigenvalue weighted by atomic mass is 10.2. The molecular weight excluding hydrogens is 170 g/mol. The van der Waals surface area contributed by atoms with Crippen molar-refractivity contribution in [2.24, 2.45) is 0 Å². The van der Waals surface area contributed by atoms with Crippen LogP contribution in [0.4, 0.5) is 0 Å². The molecule has 0 aromatic heterocycles. The third-order valence-electron chi connectivity index (χ3n) is 1.72. The van der Waals surface area contributed by atoms with Gasteiger partial charge in [-0.3, -0.25) is 9.59 Å². The van der Waals surface area contributed by atoms with E-state index in [9.17, 15) is 9.59 Å². The predicted molar refractivity (Wildman–Crippen MR) is 50.2 cm³/mol. The second-order valence-electron chi connectivity index (χ2n) is 2.73. The molecule has 3 N–H and O–H groups in total. The van der Waals surface area contributed by atoms with Gasteiger partial charge in [-0.2, -0.15) is 0 Å². The van der Waals surface area contributed by atoms with Gasteiger partial charge in [-0.1, -0.05) is 0 Å². The van der Waals surface area contributed by atoms with Gasteiger partial charge in [0.25, 0.3) is 0 Å². The van der Waals surface area contributed by atoms with E-state index in [0.29, 0.717) is 13.0 Å². The first kappa shape index (κ1) is 11.9. The Bertz CT molecular complexity index is 182. The Labute approximate surface area is 78.3 Å². The zero-order valence-corrected chi connectivity index (χ0v) is 8.31. The molecule has 2 amide bonds. The van der Waals surface area contributed by atoms with Crippen molar-refractivity contribution in [2.75, 3.05) is 20.6 Å². The van der Waals surface area contributed by atoms with E-state index >= 15 is 0 Å². The molecule has 0 heterocycles. The minimum absolute atomic E-state index is 0.0622. The first-order valence-corrected chi connectivity index (χ1v) is 4.25. The highest BCUT2D eigenvalue weighted by Gasteiger charge is 2.13. The third kappa shape index (κ3) is 5.19. The average Bonchev–Trinajstić information content (AvgIpc) is 2.11. The normalized spacial score (nSPS) is 11.9. The molecule has 0 bridgehead atoms. The topological polar surface area (TPSA) is 70.2 Å². The lowest BCUT2D eigenvalue weighted by Crippen LogP contribution is -2.43. The number of nitrogens with one attached hydrogen (secondary N) is 3. The second kappa shape index (κ2) is 6.42. The molecule has 1 atom stereocenters. The van der Waals surface area contributed by atoms with Crippen LogP contribution in [0, 0.1) is 0 Å². The summed E-state index contributed by atoms with van der Waals surface area (Å²) >= 11 is 0. The van der Waals surface area contributed by atoms with Crippen LogP contribution in [0.25, 0.3) is 0 Å². The Balaban J connectivity index is 3.72. The molecule has 0 spiro atoms. The van der Waals surface area contributed by atoms with Crippen LogP contribution in [0.5, 0.6) is 0 Å². The van der Waals surface area contributed by atoms with E-state index in [2.05, 4.69) is 16.0 Å². The molecule has 5 nitrogen and oxygen atoms in total. The van der Waals surface area contributed by atoms with Crippen LogP contribution in [-0.4, -0.2) is 38.5 Å². The largest absolute Gasteiger partial charge is 0.358 e. The van der Waals surface area contributed by atoms with E-state index in [0.717, 1.165) is 0 Å². The van der Waals surface area contributed by atoms with Gasteiger partial charge in [0.1, 0.15) is 0 Å². The Morgan fingerprint density at radius 2 is 1.92 bits per heavy atom. The van der Waals surface area contributed by atoms with Gasteiger partial charge in [-0.25, -0.2) is 0 Å². The van der Waals surface area contributed by atoms with Crippen molar-refractivity contribution >= 4 is 11.8 Å². The molecule has 0 radical (unpaired) electrons. The van der Waals surface area contributed by atoms with Gasteiger partial charge in [-0.05, 0) is 13.5 Å². The van der Waals surface area contributed by atoms with E-state index in [-0.39, 0.29) is 17.9 Å². The van der Waals surface area contributed by atoms with Crippen molar-refractivity contribution in [1.82, 2.24) is 16.0 Å². The molecule has 13 heavy (non-hydrogen) atoms. The van der Waals surface area contributed by atoms with Crippen LogP contribution in [0.2, 0.25) is 0 Å². The van der Waals surface area contributed by atoms with Crippen molar-refractivity contribution in [1.29, 1.82) is 0 Å². The summed E-state index contributed by atoms with van der Waals surface area (Å²) in [4.78, 5) is 21.7.